The molecule has 0 radical (unpaired) electrons. The van der Waals surface area contributed by atoms with Crippen molar-refractivity contribution >= 4 is 5.91 Å². The van der Waals surface area contributed by atoms with Crippen molar-refractivity contribution in [1.82, 2.24) is 5.32 Å². The Morgan fingerprint density at radius 1 is 1.32 bits per heavy atom. The lowest BCUT2D eigenvalue weighted by Gasteiger charge is -2.31. The summed E-state index contributed by atoms with van der Waals surface area (Å²) in [5, 5.41) is 3.20. The first-order chi connectivity index (χ1) is 10.6. The minimum Gasteiger partial charge on any atom is -0.497 e. The summed E-state index contributed by atoms with van der Waals surface area (Å²) in [6.07, 6.45) is 5.13. The van der Waals surface area contributed by atoms with Crippen LogP contribution in [0.2, 0.25) is 0 Å². The molecule has 0 spiro atoms. The molecule has 1 saturated carbocycles. The van der Waals surface area contributed by atoms with Crippen LogP contribution in [0.15, 0.2) is 24.3 Å². The second-order valence-electron chi connectivity index (χ2n) is 6.33. The summed E-state index contributed by atoms with van der Waals surface area (Å²) in [4.78, 5) is 12.3. The highest BCUT2D eigenvalue weighted by atomic mass is 16.5. The highest BCUT2D eigenvalue weighted by Gasteiger charge is 2.25. The van der Waals surface area contributed by atoms with Crippen LogP contribution in [0, 0.1) is 5.92 Å². The van der Waals surface area contributed by atoms with Gasteiger partial charge in [-0.3, -0.25) is 4.79 Å². The highest BCUT2D eigenvalue weighted by molar-refractivity contribution is 5.77. The van der Waals surface area contributed by atoms with E-state index < -0.39 is 0 Å². The molecule has 1 amide bonds. The topological polar surface area (TPSA) is 64.3 Å². The van der Waals surface area contributed by atoms with Crippen molar-refractivity contribution < 1.29 is 9.53 Å². The van der Waals surface area contributed by atoms with Gasteiger partial charge in [-0.2, -0.15) is 0 Å². The van der Waals surface area contributed by atoms with Gasteiger partial charge in [0.1, 0.15) is 5.75 Å². The smallest absolute Gasteiger partial charge is 0.220 e. The number of amides is 1. The fourth-order valence-corrected chi connectivity index (χ4v) is 3.27. The third kappa shape index (κ3) is 4.47. The van der Waals surface area contributed by atoms with Crippen molar-refractivity contribution in [3.63, 3.8) is 0 Å². The van der Waals surface area contributed by atoms with Crippen LogP contribution in [0.25, 0.3) is 0 Å². The van der Waals surface area contributed by atoms with E-state index in [4.69, 9.17) is 10.5 Å². The van der Waals surface area contributed by atoms with Gasteiger partial charge < -0.3 is 15.8 Å². The Hall–Kier alpha value is -1.55. The van der Waals surface area contributed by atoms with Crippen molar-refractivity contribution in [2.24, 2.45) is 11.7 Å². The van der Waals surface area contributed by atoms with E-state index >= 15 is 0 Å². The molecule has 0 saturated heterocycles. The maximum atomic E-state index is 12.3. The lowest BCUT2D eigenvalue weighted by Crippen LogP contribution is -2.44. The Balaban J connectivity index is 1.87. The van der Waals surface area contributed by atoms with Gasteiger partial charge in [0, 0.05) is 12.5 Å². The lowest BCUT2D eigenvalue weighted by molar-refractivity contribution is -0.122. The van der Waals surface area contributed by atoms with Crippen molar-refractivity contribution in [2.45, 2.75) is 51.0 Å². The number of benzene rings is 1. The first-order valence-electron chi connectivity index (χ1n) is 8.27. The van der Waals surface area contributed by atoms with Crippen LogP contribution in [0.1, 0.15) is 50.5 Å². The minimum absolute atomic E-state index is 0.133. The second kappa shape index (κ2) is 8.18. The summed E-state index contributed by atoms with van der Waals surface area (Å²) < 4.78 is 5.16. The van der Waals surface area contributed by atoms with Gasteiger partial charge in [0.15, 0.2) is 0 Å². The molecule has 1 aliphatic rings. The number of methoxy groups -OCH3 is 1. The number of hydrogen-bond donors (Lipinski definition) is 2. The molecule has 3 atom stereocenters. The van der Waals surface area contributed by atoms with E-state index in [9.17, 15) is 4.79 Å². The van der Waals surface area contributed by atoms with E-state index in [0.29, 0.717) is 18.9 Å². The Bertz CT molecular complexity index is 472. The Kier molecular flexibility index (Phi) is 6.25. The first kappa shape index (κ1) is 16.8. The zero-order valence-corrected chi connectivity index (χ0v) is 13.7. The van der Waals surface area contributed by atoms with E-state index in [-0.39, 0.29) is 17.9 Å². The van der Waals surface area contributed by atoms with Gasteiger partial charge in [-0.25, -0.2) is 0 Å². The van der Waals surface area contributed by atoms with E-state index in [1.807, 2.05) is 24.3 Å². The van der Waals surface area contributed by atoms with E-state index in [0.717, 1.165) is 24.2 Å². The predicted molar refractivity (Wildman–Crippen MR) is 89.0 cm³/mol. The first-order valence-corrected chi connectivity index (χ1v) is 8.27. The molecule has 122 valence electrons. The minimum atomic E-state index is 0.133. The summed E-state index contributed by atoms with van der Waals surface area (Å²) in [6.45, 7) is 2.75. The van der Waals surface area contributed by atoms with Crippen molar-refractivity contribution in [3.05, 3.63) is 29.8 Å². The molecular formula is C18H28N2O2. The molecule has 1 aromatic carbocycles. The summed E-state index contributed by atoms with van der Waals surface area (Å²) in [7, 11) is 1.66. The maximum absolute atomic E-state index is 12.3. The number of nitrogens with two attached hydrogens (primary N) is 1. The molecule has 0 bridgehead atoms. The average Bonchev–Trinajstić information content (AvgIpc) is 2.55. The summed E-state index contributed by atoms with van der Waals surface area (Å²) in [5.41, 5.74) is 6.99. The maximum Gasteiger partial charge on any atom is 0.220 e. The second-order valence-corrected chi connectivity index (χ2v) is 6.33. The van der Waals surface area contributed by atoms with Crippen LogP contribution in [-0.4, -0.2) is 25.6 Å². The molecule has 22 heavy (non-hydrogen) atoms. The van der Waals surface area contributed by atoms with Crippen LogP contribution in [0.4, 0.5) is 0 Å². The molecule has 0 heterocycles. The zero-order chi connectivity index (χ0) is 15.9. The molecule has 4 heteroatoms. The SMILES string of the molecule is COc1ccc(C(C)CC(=O)NC2CCCCC2CN)cc1. The third-order valence-electron chi connectivity index (χ3n) is 4.73. The Morgan fingerprint density at radius 2 is 2.00 bits per heavy atom. The van der Waals surface area contributed by atoms with Crippen LogP contribution in [-0.2, 0) is 4.79 Å². The van der Waals surface area contributed by atoms with E-state index in [2.05, 4.69) is 12.2 Å². The fourth-order valence-electron chi connectivity index (χ4n) is 3.27. The molecule has 4 nitrogen and oxygen atoms in total. The molecular weight excluding hydrogens is 276 g/mol. The van der Waals surface area contributed by atoms with E-state index in [1.54, 1.807) is 7.11 Å². The summed E-state index contributed by atoms with van der Waals surface area (Å²) in [6, 6.07) is 8.19. The van der Waals surface area contributed by atoms with Crippen LogP contribution >= 0.6 is 0 Å². The summed E-state index contributed by atoms with van der Waals surface area (Å²) >= 11 is 0. The quantitative estimate of drug-likeness (QED) is 0.849. The number of carbonyl (C=O) groups excluding carboxylic acids is 1. The number of nitrogens with one attached hydrogen (secondary N) is 1. The highest BCUT2D eigenvalue weighted by Crippen LogP contribution is 2.25. The summed E-state index contributed by atoms with van der Waals surface area (Å²) in [5.74, 6) is 1.61. The van der Waals surface area contributed by atoms with Crippen molar-refractivity contribution in [1.29, 1.82) is 0 Å². The third-order valence-corrected chi connectivity index (χ3v) is 4.73. The van der Waals surface area contributed by atoms with Gasteiger partial charge in [-0.15, -0.1) is 0 Å². The van der Waals surface area contributed by atoms with Crippen LogP contribution < -0.4 is 15.8 Å². The van der Waals surface area contributed by atoms with Gasteiger partial charge in [-0.1, -0.05) is 31.9 Å². The van der Waals surface area contributed by atoms with Crippen molar-refractivity contribution in [2.75, 3.05) is 13.7 Å². The zero-order valence-electron chi connectivity index (χ0n) is 13.7. The molecule has 0 aliphatic heterocycles. The molecule has 3 N–H and O–H groups in total. The van der Waals surface area contributed by atoms with E-state index in [1.165, 1.54) is 12.8 Å². The molecule has 1 aliphatic carbocycles. The number of ether oxygens (including phenoxy) is 1. The molecule has 3 unspecified atom stereocenters. The van der Waals surface area contributed by atoms with Gasteiger partial charge in [0.2, 0.25) is 5.91 Å². The average molecular weight is 304 g/mol. The molecule has 2 rings (SSSR count). The normalized spacial score (nSPS) is 22.9. The number of carbonyl (C=O) groups is 1. The molecule has 1 aromatic rings. The van der Waals surface area contributed by atoms with Crippen LogP contribution in [0.3, 0.4) is 0 Å². The van der Waals surface area contributed by atoms with Gasteiger partial charge >= 0.3 is 0 Å². The van der Waals surface area contributed by atoms with Crippen LogP contribution in [0.5, 0.6) is 5.75 Å². The Morgan fingerprint density at radius 3 is 2.64 bits per heavy atom. The number of rotatable bonds is 6. The number of hydrogen-bond acceptors (Lipinski definition) is 3. The van der Waals surface area contributed by atoms with Crippen molar-refractivity contribution in [3.8, 4) is 5.75 Å². The van der Waals surface area contributed by atoms with Gasteiger partial charge in [0.05, 0.1) is 7.11 Å². The van der Waals surface area contributed by atoms with Gasteiger partial charge in [0.25, 0.3) is 0 Å². The monoisotopic (exact) mass is 304 g/mol. The predicted octanol–water partition coefficient (Wildman–Crippen LogP) is 2.82. The fraction of sp³-hybridized carbons (Fsp3) is 0.611. The molecule has 1 fully saturated rings. The standard InChI is InChI=1S/C18H28N2O2/c1-13(14-7-9-16(22-2)10-8-14)11-18(21)20-17-6-4-3-5-15(17)12-19/h7-10,13,15,17H,3-6,11-12,19H2,1-2H3,(H,20,21). The Labute approximate surface area is 133 Å². The largest absolute Gasteiger partial charge is 0.497 e. The lowest BCUT2D eigenvalue weighted by atomic mass is 9.84. The molecule has 0 aromatic heterocycles. The van der Waals surface area contributed by atoms with Gasteiger partial charge in [-0.05, 0) is 48.9 Å².